The first-order valence-corrected chi connectivity index (χ1v) is 11.3. The molecular weight excluding hydrogens is 336 g/mol. The molecule has 0 aliphatic rings. The van der Waals surface area contributed by atoms with E-state index in [0.29, 0.717) is 13.2 Å². The van der Waals surface area contributed by atoms with E-state index in [4.69, 9.17) is 9.47 Å². The molecule has 118 valence electrons. The third-order valence-electron chi connectivity index (χ3n) is 1.81. The summed E-state index contributed by atoms with van der Waals surface area (Å²) in [5, 5.41) is -0.416. The molecule has 0 unspecified atom stereocenters. The molecule has 0 saturated heterocycles. The van der Waals surface area contributed by atoms with Crippen LogP contribution in [0.5, 0.6) is 0 Å². The third-order valence-corrected chi connectivity index (χ3v) is 5.99. The molecule has 0 aromatic carbocycles. The lowest BCUT2D eigenvalue weighted by atomic mass is 10.4. The Bertz CT molecular complexity index is 238. The number of unbranched alkanes of at least 4 members (excludes halogenated alkanes) is 1. The molecule has 0 aliphatic carbocycles. The van der Waals surface area contributed by atoms with Crippen LogP contribution in [0, 0.1) is 0 Å². The molecular formula is C12H22O4S4. The summed E-state index contributed by atoms with van der Waals surface area (Å²) >= 11 is 0. The minimum atomic E-state index is -0.208. The van der Waals surface area contributed by atoms with Gasteiger partial charge < -0.3 is 9.47 Å². The second-order valence-corrected chi connectivity index (χ2v) is 8.42. The Labute approximate surface area is 137 Å². The van der Waals surface area contributed by atoms with E-state index in [-0.39, 0.29) is 10.6 Å². The van der Waals surface area contributed by atoms with Gasteiger partial charge >= 0.3 is 10.6 Å². The molecule has 0 aliphatic heterocycles. The summed E-state index contributed by atoms with van der Waals surface area (Å²) in [6, 6.07) is 0. The average molecular weight is 359 g/mol. The predicted octanol–water partition coefficient (Wildman–Crippen LogP) is 5.62. The van der Waals surface area contributed by atoms with Crippen molar-refractivity contribution in [3.8, 4) is 0 Å². The summed E-state index contributed by atoms with van der Waals surface area (Å²) in [5.41, 5.74) is 0. The Kier molecular flexibility index (Phi) is 16.0. The highest BCUT2D eigenvalue weighted by atomic mass is 33.1. The van der Waals surface area contributed by atoms with Crippen LogP contribution in [-0.4, -0.2) is 35.3 Å². The van der Waals surface area contributed by atoms with Crippen molar-refractivity contribution in [2.45, 2.75) is 39.5 Å². The van der Waals surface area contributed by atoms with E-state index in [1.54, 1.807) is 0 Å². The van der Waals surface area contributed by atoms with Crippen LogP contribution in [0.1, 0.15) is 39.5 Å². The highest BCUT2D eigenvalue weighted by molar-refractivity contribution is 8.82. The van der Waals surface area contributed by atoms with Crippen molar-refractivity contribution in [2.75, 3.05) is 24.7 Å². The molecule has 0 aromatic rings. The highest BCUT2D eigenvalue weighted by Gasteiger charge is 2.04. The van der Waals surface area contributed by atoms with E-state index in [1.807, 2.05) is 13.8 Å². The SMILES string of the molecule is CCCOC(=O)SSCCCCSSC(=O)OCCC. The molecule has 0 atom stereocenters. The molecule has 0 bridgehead atoms. The van der Waals surface area contributed by atoms with Crippen molar-refractivity contribution in [1.29, 1.82) is 0 Å². The Morgan fingerprint density at radius 2 is 1.20 bits per heavy atom. The van der Waals surface area contributed by atoms with E-state index < -0.39 is 0 Å². The van der Waals surface area contributed by atoms with Crippen LogP contribution in [0.3, 0.4) is 0 Å². The molecule has 4 nitrogen and oxygen atoms in total. The number of carbonyl (C=O) groups excluding carboxylic acids is 2. The minimum Gasteiger partial charge on any atom is -0.457 e. The molecule has 20 heavy (non-hydrogen) atoms. The zero-order chi connectivity index (χ0) is 15.1. The van der Waals surface area contributed by atoms with Gasteiger partial charge in [0.25, 0.3) is 0 Å². The van der Waals surface area contributed by atoms with Crippen LogP contribution in [0.2, 0.25) is 0 Å². The van der Waals surface area contributed by atoms with E-state index in [1.165, 1.54) is 21.6 Å². The van der Waals surface area contributed by atoms with E-state index in [9.17, 15) is 9.59 Å². The number of hydrogen-bond donors (Lipinski definition) is 0. The molecule has 0 spiro atoms. The molecule has 0 radical (unpaired) electrons. The van der Waals surface area contributed by atoms with E-state index in [2.05, 4.69) is 0 Å². The summed E-state index contributed by atoms with van der Waals surface area (Å²) in [7, 11) is 5.37. The molecule has 0 fully saturated rings. The largest absolute Gasteiger partial charge is 0.457 e. The molecule has 0 amide bonds. The predicted molar refractivity (Wildman–Crippen MR) is 92.6 cm³/mol. The van der Waals surface area contributed by atoms with Crippen molar-refractivity contribution in [1.82, 2.24) is 0 Å². The zero-order valence-electron chi connectivity index (χ0n) is 11.9. The second kappa shape index (κ2) is 15.7. The second-order valence-electron chi connectivity index (χ2n) is 3.71. The average Bonchev–Trinajstić information content (AvgIpc) is 2.45. The van der Waals surface area contributed by atoms with Crippen LogP contribution in [0.4, 0.5) is 9.59 Å². The topological polar surface area (TPSA) is 52.6 Å². The Hall–Kier alpha value is 0.340. The van der Waals surface area contributed by atoms with Gasteiger partial charge in [-0.3, -0.25) is 0 Å². The quantitative estimate of drug-likeness (QED) is 0.268. The van der Waals surface area contributed by atoms with Gasteiger partial charge in [-0.15, -0.1) is 0 Å². The maximum Gasteiger partial charge on any atom is 0.378 e. The van der Waals surface area contributed by atoms with Crippen LogP contribution < -0.4 is 0 Å². The summed E-state index contributed by atoms with van der Waals surface area (Å²) in [6.45, 7) is 4.93. The fourth-order valence-corrected chi connectivity index (χ4v) is 4.26. The van der Waals surface area contributed by atoms with Gasteiger partial charge in [0.2, 0.25) is 0 Å². The summed E-state index contributed by atoms with van der Waals surface area (Å²) < 4.78 is 9.88. The smallest absolute Gasteiger partial charge is 0.378 e. The maximum atomic E-state index is 11.2. The monoisotopic (exact) mass is 358 g/mol. The molecule has 0 heterocycles. The van der Waals surface area contributed by atoms with Gasteiger partial charge in [0, 0.05) is 33.1 Å². The first kappa shape index (κ1) is 20.3. The van der Waals surface area contributed by atoms with Crippen LogP contribution in [-0.2, 0) is 9.47 Å². The lowest BCUT2D eigenvalue weighted by Crippen LogP contribution is -1.97. The lowest BCUT2D eigenvalue weighted by molar-refractivity contribution is 0.175. The number of hydrogen-bond acceptors (Lipinski definition) is 8. The van der Waals surface area contributed by atoms with E-state index >= 15 is 0 Å². The van der Waals surface area contributed by atoms with E-state index in [0.717, 1.165) is 58.8 Å². The van der Waals surface area contributed by atoms with Crippen molar-refractivity contribution >= 4 is 53.8 Å². The molecule has 0 N–H and O–H groups in total. The lowest BCUT2D eigenvalue weighted by Gasteiger charge is -2.03. The third kappa shape index (κ3) is 14.7. The Morgan fingerprint density at radius 3 is 1.55 bits per heavy atom. The molecule has 0 aromatic heterocycles. The van der Waals surface area contributed by atoms with Gasteiger partial charge in [-0.25, -0.2) is 9.59 Å². The van der Waals surface area contributed by atoms with Gasteiger partial charge in [-0.2, -0.15) is 0 Å². The summed E-state index contributed by atoms with van der Waals surface area (Å²) in [6.07, 6.45) is 3.76. The minimum absolute atomic E-state index is 0.208. The highest BCUT2D eigenvalue weighted by Crippen LogP contribution is 2.27. The van der Waals surface area contributed by atoms with Gasteiger partial charge in [0.15, 0.2) is 0 Å². The number of rotatable bonds is 11. The van der Waals surface area contributed by atoms with Gasteiger partial charge in [0.05, 0.1) is 13.2 Å². The standard InChI is InChI=1S/C12H22O4S4/c1-3-7-15-11(13)19-17-9-5-6-10-18-20-12(14)16-8-4-2/h3-10H2,1-2H3. The molecule has 8 heteroatoms. The van der Waals surface area contributed by atoms with Gasteiger partial charge in [-0.05, 0) is 25.7 Å². The van der Waals surface area contributed by atoms with Crippen molar-refractivity contribution in [2.24, 2.45) is 0 Å². The Morgan fingerprint density at radius 1 is 0.800 bits per heavy atom. The number of carbonyl (C=O) groups is 2. The summed E-state index contributed by atoms with van der Waals surface area (Å²) in [5.74, 6) is 1.83. The van der Waals surface area contributed by atoms with Crippen molar-refractivity contribution < 1.29 is 19.1 Å². The normalized spacial score (nSPS) is 10.3. The fourth-order valence-electron chi connectivity index (χ4n) is 0.920. The fraction of sp³-hybridized carbons (Fsp3) is 0.833. The zero-order valence-corrected chi connectivity index (χ0v) is 15.2. The van der Waals surface area contributed by atoms with Crippen molar-refractivity contribution in [3.63, 3.8) is 0 Å². The maximum absolute atomic E-state index is 11.2. The van der Waals surface area contributed by atoms with Crippen LogP contribution in [0.25, 0.3) is 0 Å². The van der Waals surface area contributed by atoms with Crippen LogP contribution in [0.15, 0.2) is 0 Å². The van der Waals surface area contributed by atoms with Gasteiger partial charge in [-0.1, -0.05) is 35.4 Å². The first-order valence-electron chi connectivity index (χ1n) is 6.63. The molecule has 0 saturated carbocycles. The van der Waals surface area contributed by atoms with Crippen LogP contribution >= 0.6 is 43.2 Å². The van der Waals surface area contributed by atoms with Crippen molar-refractivity contribution in [3.05, 3.63) is 0 Å². The van der Waals surface area contributed by atoms with Gasteiger partial charge in [0.1, 0.15) is 0 Å². The molecule has 0 rings (SSSR count). The number of ether oxygens (including phenoxy) is 2. The first-order chi connectivity index (χ1) is 9.70. The summed E-state index contributed by atoms with van der Waals surface area (Å²) in [4.78, 5) is 22.3. The Balaban J connectivity index is 3.20.